The lowest BCUT2D eigenvalue weighted by molar-refractivity contribution is 0.478. The fraction of sp³-hybridized carbons (Fsp3) is 0.200. The zero-order valence-corrected chi connectivity index (χ0v) is 7.63. The third-order valence-electron chi connectivity index (χ3n) is 0.844. The summed E-state index contributed by atoms with van der Waals surface area (Å²) in [7, 11) is -3.54. The standard InChI is InChI=1S/C5H5ClN2O3S/c1-12(9,10)11-5-3-2-4(6)7-8-5/h2-3H,1H3. The van der Waals surface area contributed by atoms with Crippen LogP contribution in [0.1, 0.15) is 0 Å². The molecule has 0 radical (unpaired) electrons. The molecule has 0 amide bonds. The third kappa shape index (κ3) is 3.02. The van der Waals surface area contributed by atoms with E-state index in [9.17, 15) is 8.42 Å². The van der Waals surface area contributed by atoms with Crippen molar-refractivity contribution in [2.24, 2.45) is 0 Å². The predicted molar refractivity (Wildman–Crippen MR) is 42.5 cm³/mol. The van der Waals surface area contributed by atoms with Crippen molar-refractivity contribution in [1.29, 1.82) is 0 Å². The normalized spacial score (nSPS) is 11.2. The molecule has 1 aromatic rings. The molecule has 0 spiro atoms. The number of hydrogen-bond donors (Lipinski definition) is 0. The van der Waals surface area contributed by atoms with Gasteiger partial charge in [0.15, 0.2) is 5.15 Å². The summed E-state index contributed by atoms with van der Waals surface area (Å²) in [6, 6.07) is 2.70. The predicted octanol–water partition coefficient (Wildman–Crippen LogP) is 0.468. The Morgan fingerprint density at radius 1 is 1.42 bits per heavy atom. The number of hydrogen-bond acceptors (Lipinski definition) is 5. The molecule has 12 heavy (non-hydrogen) atoms. The highest BCUT2D eigenvalue weighted by Gasteiger charge is 2.04. The summed E-state index contributed by atoms with van der Waals surface area (Å²) in [6.07, 6.45) is 0.920. The molecule has 0 bridgehead atoms. The molecule has 1 rings (SSSR count). The molecule has 0 unspecified atom stereocenters. The molecular formula is C5H5ClN2O3S. The molecule has 5 nitrogen and oxygen atoms in total. The van der Waals surface area contributed by atoms with Gasteiger partial charge in [0.2, 0.25) is 0 Å². The minimum absolute atomic E-state index is 0.0955. The topological polar surface area (TPSA) is 69.2 Å². The van der Waals surface area contributed by atoms with E-state index in [1.165, 1.54) is 12.1 Å². The van der Waals surface area contributed by atoms with Gasteiger partial charge in [-0.2, -0.15) is 8.42 Å². The molecular weight excluding hydrogens is 204 g/mol. The largest absolute Gasteiger partial charge is 0.360 e. The minimum Gasteiger partial charge on any atom is -0.360 e. The first-order chi connectivity index (χ1) is 5.47. The minimum atomic E-state index is -3.54. The summed E-state index contributed by atoms with van der Waals surface area (Å²) >= 11 is 5.40. The molecule has 0 aliphatic carbocycles. The van der Waals surface area contributed by atoms with Crippen LogP contribution in [0, 0.1) is 0 Å². The van der Waals surface area contributed by atoms with Gasteiger partial charge < -0.3 is 4.18 Å². The first-order valence-corrected chi connectivity index (χ1v) is 5.05. The Labute approximate surface area is 74.5 Å². The van der Waals surface area contributed by atoms with Gasteiger partial charge in [0.05, 0.1) is 6.26 Å². The van der Waals surface area contributed by atoms with Crippen LogP contribution in [0.4, 0.5) is 0 Å². The maximum atomic E-state index is 10.6. The van der Waals surface area contributed by atoms with E-state index >= 15 is 0 Å². The molecule has 0 fully saturated rings. The summed E-state index contributed by atoms with van der Waals surface area (Å²) in [5, 5.41) is 6.95. The fourth-order valence-corrected chi connectivity index (χ4v) is 1.00. The first kappa shape index (κ1) is 9.21. The first-order valence-electron chi connectivity index (χ1n) is 2.86. The maximum Gasteiger partial charge on any atom is 0.307 e. The second-order valence-corrected chi connectivity index (χ2v) is 3.94. The molecule has 0 aromatic carbocycles. The van der Waals surface area contributed by atoms with Crippen molar-refractivity contribution >= 4 is 21.7 Å². The van der Waals surface area contributed by atoms with Gasteiger partial charge in [-0.05, 0) is 6.07 Å². The van der Waals surface area contributed by atoms with Gasteiger partial charge in [0.1, 0.15) is 0 Å². The van der Waals surface area contributed by atoms with E-state index in [-0.39, 0.29) is 11.0 Å². The molecule has 0 atom stereocenters. The van der Waals surface area contributed by atoms with Gasteiger partial charge in [-0.1, -0.05) is 11.6 Å². The molecule has 1 aromatic heterocycles. The van der Waals surface area contributed by atoms with E-state index in [0.29, 0.717) is 0 Å². The molecule has 0 N–H and O–H groups in total. The van der Waals surface area contributed by atoms with Crippen LogP contribution >= 0.6 is 11.6 Å². The van der Waals surface area contributed by atoms with Crippen molar-refractivity contribution in [3.05, 3.63) is 17.3 Å². The van der Waals surface area contributed by atoms with Crippen LogP contribution in [0.25, 0.3) is 0 Å². The van der Waals surface area contributed by atoms with E-state index < -0.39 is 10.1 Å². The average molecular weight is 209 g/mol. The Morgan fingerprint density at radius 3 is 2.50 bits per heavy atom. The number of aromatic nitrogens is 2. The molecule has 0 aliphatic rings. The molecule has 0 saturated heterocycles. The quantitative estimate of drug-likeness (QED) is 0.661. The summed E-state index contributed by atoms with van der Waals surface area (Å²) in [5.74, 6) is -0.0955. The van der Waals surface area contributed by atoms with Gasteiger partial charge in [-0.3, -0.25) is 0 Å². The average Bonchev–Trinajstić information content (AvgIpc) is 1.91. The SMILES string of the molecule is CS(=O)(=O)Oc1ccc(Cl)nn1. The van der Waals surface area contributed by atoms with E-state index in [0.717, 1.165) is 6.26 Å². The molecule has 7 heteroatoms. The van der Waals surface area contributed by atoms with Gasteiger partial charge in [0, 0.05) is 6.07 Å². The van der Waals surface area contributed by atoms with Gasteiger partial charge in [-0.25, -0.2) is 0 Å². The van der Waals surface area contributed by atoms with Crippen molar-refractivity contribution in [1.82, 2.24) is 10.2 Å². The lowest BCUT2D eigenvalue weighted by Crippen LogP contribution is -2.07. The van der Waals surface area contributed by atoms with Gasteiger partial charge in [0.25, 0.3) is 5.88 Å². The Balaban J connectivity index is 2.85. The van der Waals surface area contributed by atoms with Crippen LogP contribution in [0.3, 0.4) is 0 Å². The highest BCUT2D eigenvalue weighted by Crippen LogP contribution is 2.09. The van der Waals surface area contributed by atoms with E-state index in [1.807, 2.05) is 0 Å². The van der Waals surface area contributed by atoms with Crippen LogP contribution in [0.2, 0.25) is 5.15 Å². The zero-order chi connectivity index (χ0) is 9.19. The van der Waals surface area contributed by atoms with Crippen LogP contribution in [-0.4, -0.2) is 24.9 Å². The molecule has 1 heterocycles. The van der Waals surface area contributed by atoms with Gasteiger partial charge >= 0.3 is 10.1 Å². The highest BCUT2D eigenvalue weighted by molar-refractivity contribution is 7.86. The highest BCUT2D eigenvalue weighted by atomic mass is 35.5. The Morgan fingerprint density at radius 2 is 2.08 bits per heavy atom. The number of nitrogens with zero attached hydrogens (tertiary/aromatic N) is 2. The Kier molecular flexibility index (Phi) is 2.49. The van der Waals surface area contributed by atoms with Gasteiger partial charge in [-0.15, -0.1) is 10.2 Å². The van der Waals surface area contributed by atoms with Crippen LogP contribution in [0.15, 0.2) is 12.1 Å². The van der Waals surface area contributed by atoms with Crippen LogP contribution < -0.4 is 4.18 Å². The molecule has 66 valence electrons. The van der Waals surface area contributed by atoms with Crippen LogP contribution in [-0.2, 0) is 10.1 Å². The monoisotopic (exact) mass is 208 g/mol. The van der Waals surface area contributed by atoms with E-state index in [2.05, 4.69) is 14.4 Å². The van der Waals surface area contributed by atoms with Crippen molar-refractivity contribution in [3.63, 3.8) is 0 Å². The second kappa shape index (κ2) is 3.24. The maximum absolute atomic E-state index is 10.6. The summed E-state index contributed by atoms with van der Waals surface area (Å²) in [4.78, 5) is 0. The third-order valence-corrected chi connectivity index (χ3v) is 1.52. The summed E-state index contributed by atoms with van der Waals surface area (Å²) in [5.41, 5.74) is 0. The van der Waals surface area contributed by atoms with Crippen molar-refractivity contribution < 1.29 is 12.6 Å². The second-order valence-electron chi connectivity index (χ2n) is 1.98. The smallest absolute Gasteiger partial charge is 0.307 e. The zero-order valence-electron chi connectivity index (χ0n) is 6.06. The van der Waals surface area contributed by atoms with Crippen molar-refractivity contribution in [2.75, 3.05) is 6.26 Å². The Hall–Kier alpha value is -0.880. The van der Waals surface area contributed by atoms with Crippen LogP contribution in [0.5, 0.6) is 5.88 Å². The number of halogens is 1. The summed E-state index contributed by atoms with van der Waals surface area (Å²) in [6.45, 7) is 0. The van der Waals surface area contributed by atoms with E-state index in [4.69, 9.17) is 11.6 Å². The van der Waals surface area contributed by atoms with Crippen molar-refractivity contribution in [2.45, 2.75) is 0 Å². The fourth-order valence-electron chi connectivity index (χ4n) is 0.503. The van der Waals surface area contributed by atoms with E-state index in [1.54, 1.807) is 0 Å². The van der Waals surface area contributed by atoms with Crippen molar-refractivity contribution in [3.8, 4) is 5.88 Å². The lowest BCUT2D eigenvalue weighted by atomic mass is 10.6. The molecule has 0 aliphatic heterocycles. The number of rotatable bonds is 2. The Bertz CT molecular complexity index is 361. The molecule has 0 saturated carbocycles. The summed E-state index contributed by atoms with van der Waals surface area (Å²) < 4.78 is 25.5. The lowest BCUT2D eigenvalue weighted by Gasteiger charge is -1.98.